The Balaban J connectivity index is 1.70. The Hall–Kier alpha value is -1.91. The van der Waals surface area contributed by atoms with Gasteiger partial charge in [-0.3, -0.25) is 0 Å². The number of rotatable bonds is 4. The van der Waals surface area contributed by atoms with E-state index in [1.165, 1.54) is 12.1 Å². The van der Waals surface area contributed by atoms with E-state index in [0.717, 1.165) is 22.7 Å². The van der Waals surface area contributed by atoms with Crippen molar-refractivity contribution in [2.24, 2.45) is 0 Å². The van der Waals surface area contributed by atoms with Crippen LogP contribution in [0.25, 0.3) is 10.9 Å². The molecule has 2 aromatic carbocycles. The standard InChI is InChI=1S/C16H13ClF2N2/c17-16-12-3-1-2-4-14(12)21-15(16)9-20-8-10-5-6-11(18)7-13(10)19/h1-7,20-21H,8-9H2. The summed E-state index contributed by atoms with van der Waals surface area (Å²) in [6, 6.07) is 11.3. The topological polar surface area (TPSA) is 27.8 Å². The van der Waals surface area contributed by atoms with Crippen LogP contribution in [0.2, 0.25) is 5.02 Å². The first-order valence-corrected chi connectivity index (χ1v) is 6.92. The molecule has 0 aliphatic heterocycles. The third kappa shape index (κ3) is 2.91. The summed E-state index contributed by atoms with van der Waals surface area (Å²) in [6.07, 6.45) is 0. The lowest BCUT2D eigenvalue weighted by Crippen LogP contribution is -2.14. The van der Waals surface area contributed by atoms with Crippen LogP contribution in [0.15, 0.2) is 42.5 Å². The van der Waals surface area contributed by atoms with Gasteiger partial charge in [-0.15, -0.1) is 0 Å². The molecule has 3 rings (SSSR count). The Morgan fingerprint density at radius 3 is 2.62 bits per heavy atom. The van der Waals surface area contributed by atoms with Gasteiger partial charge in [0.1, 0.15) is 11.6 Å². The summed E-state index contributed by atoms with van der Waals surface area (Å²) in [7, 11) is 0. The van der Waals surface area contributed by atoms with E-state index in [9.17, 15) is 8.78 Å². The predicted octanol–water partition coefficient (Wildman–Crippen LogP) is 4.39. The minimum absolute atomic E-state index is 0.303. The molecule has 1 aromatic heterocycles. The molecule has 0 aliphatic rings. The number of hydrogen-bond acceptors (Lipinski definition) is 1. The summed E-state index contributed by atoms with van der Waals surface area (Å²) >= 11 is 6.30. The molecule has 0 radical (unpaired) electrons. The number of aromatic amines is 1. The molecule has 0 amide bonds. The van der Waals surface area contributed by atoms with E-state index in [0.29, 0.717) is 23.7 Å². The van der Waals surface area contributed by atoms with Crippen LogP contribution in [0.5, 0.6) is 0 Å². The van der Waals surface area contributed by atoms with Gasteiger partial charge in [-0.2, -0.15) is 0 Å². The predicted molar refractivity (Wildman–Crippen MR) is 80.2 cm³/mol. The summed E-state index contributed by atoms with van der Waals surface area (Å²) in [5, 5.41) is 4.73. The quantitative estimate of drug-likeness (QED) is 0.735. The van der Waals surface area contributed by atoms with Crippen molar-refractivity contribution in [3.63, 3.8) is 0 Å². The van der Waals surface area contributed by atoms with Gasteiger partial charge in [0, 0.05) is 41.3 Å². The zero-order valence-corrected chi connectivity index (χ0v) is 11.8. The Bertz CT molecular complexity index is 783. The smallest absolute Gasteiger partial charge is 0.130 e. The lowest BCUT2D eigenvalue weighted by Gasteiger charge is -2.05. The fourth-order valence-electron chi connectivity index (χ4n) is 2.27. The third-order valence-electron chi connectivity index (χ3n) is 3.35. The summed E-state index contributed by atoms with van der Waals surface area (Å²) in [4.78, 5) is 3.23. The second-order valence-corrected chi connectivity index (χ2v) is 5.18. The van der Waals surface area contributed by atoms with Crippen LogP contribution < -0.4 is 5.32 Å². The first kappa shape index (κ1) is 14.0. The SMILES string of the molecule is Fc1ccc(CNCc2[nH]c3ccccc3c2Cl)c(F)c1. The van der Waals surface area contributed by atoms with Crippen molar-refractivity contribution in [3.8, 4) is 0 Å². The maximum absolute atomic E-state index is 13.5. The molecule has 0 aliphatic carbocycles. The van der Waals surface area contributed by atoms with E-state index in [4.69, 9.17) is 11.6 Å². The average Bonchev–Trinajstić information content (AvgIpc) is 2.79. The van der Waals surface area contributed by atoms with E-state index in [2.05, 4.69) is 10.3 Å². The molecule has 108 valence electrons. The van der Waals surface area contributed by atoms with Crippen LogP contribution in [0.3, 0.4) is 0 Å². The molecule has 0 spiro atoms. The van der Waals surface area contributed by atoms with Crippen molar-refractivity contribution in [1.29, 1.82) is 0 Å². The number of para-hydroxylation sites is 1. The fraction of sp³-hybridized carbons (Fsp3) is 0.125. The van der Waals surface area contributed by atoms with Crippen molar-refractivity contribution < 1.29 is 8.78 Å². The van der Waals surface area contributed by atoms with Crippen molar-refractivity contribution in [2.45, 2.75) is 13.1 Å². The van der Waals surface area contributed by atoms with Gasteiger partial charge < -0.3 is 10.3 Å². The molecule has 0 fully saturated rings. The van der Waals surface area contributed by atoms with Crippen LogP contribution in [0, 0.1) is 11.6 Å². The molecular weight excluding hydrogens is 294 g/mol. The van der Waals surface area contributed by atoms with Crippen molar-refractivity contribution in [1.82, 2.24) is 10.3 Å². The van der Waals surface area contributed by atoms with E-state index in [1.807, 2.05) is 24.3 Å². The van der Waals surface area contributed by atoms with Gasteiger partial charge in [0.25, 0.3) is 0 Å². The van der Waals surface area contributed by atoms with Crippen molar-refractivity contribution in [2.75, 3.05) is 0 Å². The van der Waals surface area contributed by atoms with Gasteiger partial charge in [-0.1, -0.05) is 35.9 Å². The maximum Gasteiger partial charge on any atom is 0.130 e. The van der Waals surface area contributed by atoms with Gasteiger partial charge >= 0.3 is 0 Å². The number of halogens is 3. The number of nitrogens with one attached hydrogen (secondary N) is 2. The average molecular weight is 307 g/mol. The molecule has 2 nitrogen and oxygen atoms in total. The molecular formula is C16H13ClF2N2. The number of aromatic nitrogens is 1. The van der Waals surface area contributed by atoms with Crippen LogP contribution in [0.4, 0.5) is 8.78 Å². The van der Waals surface area contributed by atoms with Gasteiger partial charge in [0.15, 0.2) is 0 Å². The largest absolute Gasteiger partial charge is 0.356 e. The molecule has 21 heavy (non-hydrogen) atoms. The van der Waals surface area contributed by atoms with E-state index < -0.39 is 11.6 Å². The van der Waals surface area contributed by atoms with Crippen LogP contribution in [0.1, 0.15) is 11.3 Å². The summed E-state index contributed by atoms with van der Waals surface area (Å²) in [6.45, 7) is 0.780. The van der Waals surface area contributed by atoms with Crippen LogP contribution in [-0.4, -0.2) is 4.98 Å². The Kier molecular flexibility index (Phi) is 3.90. The molecule has 3 aromatic rings. The lowest BCUT2D eigenvalue weighted by molar-refractivity contribution is 0.559. The Morgan fingerprint density at radius 2 is 1.86 bits per heavy atom. The highest BCUT2D eigenvalue weighted by atomic mass is 35.5. The van der Waals surface area contributed by atoms with Gasteiger partial charge in [0.2, 0.25) is 0 Å². The number of benzene rings is 2. The number of fused-ring (bicyclic) bond motifs is 1. The molecule has 0 bridgehead atoms. The Morgan fingerprint density at radius 1 is 1.05 bits per heavy atom. The zero-order valence-electron chi connectivity index (χ0n) is 11.1. The highest BCUT2D eigenvalue weighted by molar-refractivity contribution is 6.36. The van der Waals surface area contributed by atoms with Crippen LogP contribution >= 0.6 is 11.6 Å². The maximum atomic E-state index is 13.5. The lowest BCUT2D eigenvalue weighted by atomic mass is 10.2. The molecule has 0 saturated heterocycles. The summed E-state index contributed by atoms with van der Waals surface area (Å²) in [5.74, 6) is -1.12. The van der Waals surface area contributed by atoms with Gasteiger partial charge in [-0.05, 0) is 12.1 Å². The van der Waals surface area contributed by atoms with Gasteiger partial charge in [0.05, 0.1) is 5.02 Å². The summed E-state index contributed by atoms with van der Waals surface area (Å²) in [5.41, 5.74) is 2.23. The molecule has 0 atom stereocenters. The molecule has 5 heteroatoms. The molecule has 0 saturated carbocycles. The second-order valence-electron chi connectivity index (χ2n) is 4.80. The number of hydrogen-bond donors (Lipinski definition) is 2. The van der Waals surface area contributed by atoms with E-state index in [1.54, 1.807) is 0 Å². The van der Waals surface area contributed by atoms with Crippen LogP contribution in [-0.2, 0) is 13.1 Å². The minimum Gasteiger partial charge on any atom is -0.356 e. The first-order chi connectivity index (χ1) is 10.1. The number of H-pyrrole nitrogens is 1. The monoisotopic (exact) mass is 306 g/mol. The van der Waals surface area contributed by atoms with Crippen molar-refractivity contribution in [3.05, 3.63) is 70.4 Å². The summed E-state index contributed by atoms with van der Waals surface area (Å²) < 4.78 is 26.3. The molecule has 2 N–H and O–H groups in total. The van der Waals surface area contributed by atoms with E-state index >= 15 is 0 Å². The van der Waals surface area contributed by atoms with Gasteiger partial charge in [-0.25, -0.2) is 8.78 Å². The molecule has 1 heterocycles. The highest BCUT2D eigenvalue weighted by Crippen LogP contribution is 2.27. The molecule has 0 unspecified atom stereocenters. The highest BCUT2D eigenvalue weighted by Gasteiger charge is 2.09. The fourth-order valence-corrected chi connectivity index (χ4v) is 2.55. The third-order valence-corrected chi connectivity index (χ3v) is 3.78. The minimum atomic E-state index is -0.574. The normalized spacial score (nSPS) is 11.2. The first-order valence-electron chi connectivity index (χ1n) is 6.55. The van der Waals surface area contributed by atoms with E-state index in [-0.39, 0.29) is 0 Å². The van der Waals surface area contributed by atoms with Crippen molar-refractivity contribution >= 4 is 22.5 Å². The second kappa shape index (κ2) is 5.84. The zero-order chi connectivity index (χ0) is 14.8. The Labute approximate surface area is 125 Å².